The quantitative estimate of drug-likeness (QED) is 0.836. The summed E-state index contributed by atoms with van der Waals surface area (Å²) in [5.74, 6) is -2.28. The molecule has 0 unspecified atom stereocenters. The maximum absolute atomic E-state index is 13.2. The zero-order valence-electron chi connectivity index (χ0n) is 13.4. The number of hydrogen-bond donors (Lipinski definition) is 0. The van der Waals surface area contributed by atoms with Gasteiger partial charge in [-0.1, -0.05) is 0 Å². The summed E-state index contributed by atoms with van der Waals surface area (Å²) in [5, 5.41) is 0. The second-order valence-corrected chi connectivity index (χ2v) is 5.86. The smallest absolute Gasteiger partial charge is 0.254 e. The van der Waals surface area contributed by atoms with E-state index in [1.165, 1.54) is 6.07 Å². The molecule has 2 rings (SSSR count). The second-order valence-electron chi connectivity index (χ2n) is 5.86. The molecule has 0 saturated carbocycles. The number of halogens is 2. The molecule has 0 atom stereocenters. The molecule has 0 bridgehead atoms. The van der Waals surface area contributed by atoms with E-state index in [4.69, 9.17) is 0 Å². The molecule has 0 N–H and O–H groups in total. The van der Waals surface area contributed by atoms with Crippen molar-refractivity contribution in [2.24, 2.45) is 0 Å². The Kier molecular flexibility index (Phi) is 5.65. The van der Waals surface area contributed by atoms with E-state index >= 15 is 0 Å². The predicted molar refractivity (Wildman–Crippen MR) is 82.0 cm³/mol. The first-order chi connectivity index (χ1) is 10.9. The normalized spacial score (nSPS) is 15.2. The van der Waals surface area contributed by atoms with Gasteiger partial charge in [0.2, 0.25) is 5.91 Å². The molecule has 1 fully saturated rings. The average molecular weight is 325 g/mol. The second kappa shape index (κ2) is 7.50. The molecule has 5 nitrogen and oxygen atoms in total. The van der Waals surface area contributed by atoms with Crippen molar-refractivity contribution < 1.29 is 18.4 Å². The Morgan fingerprint density at radius 3 is 2.22 bits per heavy atom. The summed E-state index contributed by atoms with van der Waals surface area (Å²) in [5.41, 5.74) is 0.122. The molecule has 126 valence electrons. The monoisotopic (exact) mass is 325 g/mol. The van der Waals surface area contributed by atoms with E-state index in [9.17, 15) is 18.4 Å². The maximum atomic E-state index is 13.2. The van der Waals surface area contributed by atoms with Crippen LogP contribution in [0.15, 0.2) is 18.2 Å². The van der Waals surface area contributed by atoms with Crippen molar-refractivity contribution in [2.45, 2.75) is 6.42 Å². The fourth-order valence-corrected chi connectivity index (χ4v) is 2.45. The number of carbonyl (C=O) groups excluding carboxylic acids is 2. The number of piperazine rings is 1. The molecule has 1 aromatic carbocycles. The van der Waals surface area contributed by atoms with Crippen molar-refractivity contribution >= 4 is 11.8 Å². The summed E-state index contributed by atoms with van der Waals surface area (Å²) in [4.78, 5) is 29.6. The number of rotatable bonds is 4. The lowest BCUT2D eigenvalue weighted by Crippen LogP contribution is -2.50. The number of amides is 2. The van der Waals surface area contributed by atoms with Crippen LogP contribution < -0.4 is 0 Å². The highest BCUT2D eigenvalue weighted by molar-refractivity contribution is 5.94. The van der Waals surface area contributed by atoms with E-state index in [0.29, 0.717) is 39.1 Å². The highest BCUT2D eigenvalue weighted by atomic mass is 19.2. The van der Waals surface area contributed by atoms with Crippen molar-refractivity contribution in [1.29, 1.82) is 0 Å². The minimum Gasteiger partial charge on any atom is -0.339 e. The van der Waals surface area contributed by atoms with Crippen molar-refractivity contribution in [3.05, 3.63) is 35.4 Å². The van der Waals surface area contributed by atoms with E-state index in [-0.39, 0.29) is 17.4 Å². The zero-order valence-corrected chi connectivity index (χ0v) is 13.4. The summed E-state index contributed by atoms with van der Waals surface area (Å²) in [6.07, 6.45) is 0.449. The number of carbonyl (C=O) groups is 2. The Labute approximate surface area is 134 Å². The Balaban J connectivity index is 1.89. The van der Waals surface area contributed by atoms with Crippen LogP contribution >= 0.6 is 0 Å². The van der Waals surface area contributed by atoms with Crippen molar-refractivity contribution in [2.75, 3.05) is 46.8 Å². The van der Waals surface area contributed by atoms with Gasteiger partial charge in [0.05, 0.1) is 0 Å². The lowest BCUT2D eigenvalue weighted by atomic mass is 10.1. The molecule has 1 aromatic rings. The van der Waals surface area contributed by atoms with Gasteiger partial charge in [0.25, 0.3) is 5.91 Å². The summed E-state index contributed by atoms with van der Waals surface area (Å²) in [7, 11) is 3.82. The maximum Gasteiger partial charge on any atom is 0.254 e. The molecule has 1 aliphatic rings. The van der Waals surface area contributed by atoms with Crippen LogP contribution in [-0.4, -0.2) is 73.3 Å². The summed E-state index contributed by atoms with van der Waals surface area (Å²) in [6.45, 7) is 2.40. The fraction of sp³-hybridized carbons (Fsp3) is 0.500. The molecular formula is C16H21F2N3O2. The topological polar surface area (TPSA) is 43.9 Å². The SMILES string of the molecule is CN(C)CCC(=O)N1CCN(C(=O)c2ccc(F)c(F)c2)CC1. The summed E-state index contributed by atoms with van der Waals surface area (Å²) >= 11 is 0. The molecule has 0 radical (unpaired) electrons. The van der Waals surface area contributed by atoms with Gasteiger partial charge in [-0.15, -0.1) is 0 Å². The molecule has 7 heteroatoms. The first kappa shape index (κ1) is 17.3. The Morgan fingerprint density at radius 1 is 1.04 bits per heavy atom. The zero-order chi connectivity index (χ0) is 17.0. The number of hydrogen-bond acceptors (Lipinski definition) is 3. The van der Waals surface area contributed by atoms with E-state index < -0.39 is 11.6 Å². The van der Waals surface area contributed by atoms with Gasteiger partial charge in [0, 0.05) is 44.7 Å². The van der Waals surface area contributed by atoms with Gasteiger partial charge in [-0.05, 0) is 32.3 Å². The van der Waals surface area contributed by atoms with Crippen molar-refractivity contribution in [3.8, 4) is 0 Å². The van der Waals surface area contributed by atoms with Gasteiger partial charge in [-0.3, -0.25) is 9.59 Å². The minimum atomic E-state index is -1.03. The first-order valence-electron chi connectivity index (χ1n) is 7.55. The summed E-state index contributed by atoms with van der Waals surface area (Å²) in [6, 6.07) is 3.13. The molecule has 1 aliphatic heterocycles. The highest BCUT2D eigenvalue weighted by Crippen LogP contribution is 2.13. The fourth-order valence-electron chi connectivity index (χ4n) is 2.45. The Morgan fingerprint density at radius 2 is 1.65 bits per heavy atom. The molecule has 2 amide bonds. The van der Waals surface area contributed by atoms with Gasteiger partial charge >= 0.3 is 0 Å². The van der Waals surface area contributed by atoms with Gasteiger partial charge < -0.3 is 14.7 Å². The van der Waals surface area contributed by atoms with Crippen LogP contribution in [0.1, 0.15) is 16.8 Å². The highest BCUT2D eigenvalue weighted by Gasteiger charge is 2.25. The van der Waals surface area contributed by atoms with Gasteiger partial charge in [0.1, 0.15) is 0 Å². The van der Waals surface area contributed by atoms with Crippen LogP contribution in [0.2, 0.25) is 0 Å². The van der Waals surface area contributed by atoms with E-state index in [1.807, 2.05) is 19.0 Å². The van der Waals surface area contributed by atoms with Crippen molar-refractivity contribution in [1.82, 2.24) is 14.7 Å². The molecule has 23 heavy (non-hydrogen) atoms. The summed E-state index contributed by atoms with van der Waals surface area (Å²) < 4.78 is 26.1. The number of nitrogens with zero attached hydrogens (tertiary/aromatic N) is 3. The minimum absolute atomic E-state index is 0.0682. The predicted octanol–water partition coefficient (Wildman–Crippen LogP) is 1.20. The van der Waals surface area contributed by atoms with Gasteiger partial charge in [0.15, 0.2) is 11.6 Å². The van der Waals surface area contributed by atoms with Gasteiger partial charge in [-0.25, -0.2) is 8.78 Å². The third-order valence-electron chi connectivity index (χ3n) is 3.86. The third kappa shape index (κ3) is 4.48. The van der Waals surface area contributed by atoms with Crippen LogP contribution in [0.5, 0.6) is 0 Å². The molecule has 0 aromatic heterocycles. The van der Waals surface area contributed by atoms with E-state index in [1.54, 1.807) is 9.80 Å². The van der Waals surface area contributed by atoms with Crippen LogP contribution in [0.25, 0.3) is 0 Å². The van der Waals surface area contributed by atoms with Crippen LogP contribution in [0, 0.1) is 11.6 Å². The third-order valence-corrected chi connectivity index (χ3v) is 3.86. The Hall–Kier alpha value is -2.02. The lowest BCUT2D eigenvalue weighted by molar-refractivity contribution is -0.132. The molecule has 1 saturated heterocycles. The van der Waals surface area contributed by atoms with E-state index in [0.717, 1.165) is 12.1 Å². The average Bonchev–Trinajstić information content (AvgIpc) is 2.54. The van der Waals surface area contributed by atoms with Crippen LogP contribution in [0.4, 0.5) is 8.78 Å². The standard InChI is InChI=1S/C16H21F2N3O2/c1-19(2)6-5-15(22)20-7-9-21(10-8-20)16(23)12-3-4-13(17)14(18)11-12/h3-4,11H,5-10H2,1-2H3. The molecule has 0 aliphatic carbocycles. The van der Waals surface area contributed by atoms with E-state index in [2.05, 4.69) is 0 Å². The van der Waals surface area contributed by atoms with Crippen LogP contribution in [-0.2, 0) is 4.79 Å². The number of benzene rings is 1. The molecule has 0 spiro atoms. The largest absolute Gasteiger partial charge is 0.339 e. The van der Waals surface area contributed by atoms with Crippen molar-refractivity contribution in [3.63, 3.8) is 0 Å². The molecule has 1 heterocycles. The lowest BCUT2D eigenvalue weighted by Gasteiger charge is -2.35. The molecular weight excluding hydrogens is 304 g/mol. The van der Waals surface area contributed by atoms with Gasteiger partial charge in [-0.2, -0.15) is 0 Å². The Bertz CT molecular complexity index is 585. The first-order valence-corrected chi connectivity index (χ1v) is 7.55. The van der Waals surface area contributed by atoms with Crippen LogP contribution in [0.3, 0.4) is 0 Å².